The SMILES string of the molecule is Cc1ncsc1-c1ccc(CNC(=O)[C@@H]2C[C@@H](OC(=O)[C@@H]3CCCN3)CN2C(=O)[C@@H](NC(=O)CCCCCCCCCCOc2cc(F)c([C@@H]3C4=C(C[C@@H](C)N3CC(C)(C)F)c3ccccc3C4)c(F)c2)C(C)(C)C)cc1. The largest absolute Gasteiger partial charge is 0.493 e. The molecule has 4 heterocycles. The Morgan fingerprint density at radius 1 is 0.922 bits per heavy atom. The molecule has 3 aliphatic heterocycles. The van der Waals surface area contributed by atoms with Gasteiger partial charge < -0.3 is 30.3 Å². The number of rotatable bonds is 23. The molecule has 4 aromatic rings. The quantitative estimate of drug-likeness (QED) is 0.0489. The van der Waals surface area contributed by atoms with Gasteiger partial charge in [-0.3, -0.25) is 24.1 Å². The minimum absolute atomic E-state index is 0.0413. The number of aryl methyl sites for hydroxylation is 1. The van der Waals surface area contributed by atoms with Crippen LogP contribution in [0.2, 0.25) is 0 Å². The average Bonchev–Trinajstić information content (AvgIpc) is 4.39. The van der Waals surface area contributed by atoms with Gasteiger partial charge in [0.15, 0.2) is 0 Å². The average molecular weight is 1080 g/mol. The number of amides is 3. The number of hydrogen-bond donors (Lipinski definition) is 3. The van der Waals surface area contributed by atoms with E-state index in [1.807, 2.05) is 81.4 Å². The molecule has 12 nitrogen and oxygen atoms in total. The highest BCUT2D eigenvalue weighted by molar-refractivity contribution is 7.13. The van der Waals surface area contributed by atoms with Crippen molar-refractivity contribution in [1.82, 2.24) is 30.7 Å². The minimum Gasteiger partial charge on any atom is -0.493 e. The van der Waals surface area contributed by atoms with Crippen molar-refractivity contribution in [2.45, 2.75) is 187 Å². The van der Waals surface area contributed by atoms with Crippen molar-refractivity contribution in [3.05, 3.63) is 111 Å². The first-order chi connectivity index (χ1) is 36.8. The van der Waals surface area contributed by atoms with Gasteiger partial charge in [0, 0.05) is 49.7 Å². The molecule has 0 spiro atoms. The third kappa shape index (κ3) is 14.6. The number of nitrogens with zero attached hydrogens (tertiary/aromatic N) is 3. The van der Waals surface area contributed by atoms with E-state index in [9.17, 15) is 19.2 Å². The number of halogens is 3. The Morgan fingerprint density at radius 2 is 1.61 bits per heavy atom. The van der Waals surface area contributed by atoms with Crippen molar-refractivity contribution < 1.29 is 41.8 Å². The fourth-order valence-corrected chi connectivity index (χ4v) is 12.4. The van der Waals surface area contributed by atoms with Gasteiger partial charge >= 0.3 is 5.97 Å². The second-order valence-corrected chi connectivity index (χ2v) is 24.3. The number of alkyl halides is 1. The lowest BCUT2D eigenvalue weighted by molar-refractivity contribution is -0.151. The predicted molar refractivity (Wildman–Crippen MR) is 296 cm³/mol. The van der Waals surface area contributed by atoms with Gasteiger partial charge in [0.2, 0.25) is 17.7 Å². The Bertz CT molecular complexity index is 2720. The van der Waals surface area contributed by atoms with Crippen LogP contribution in [0.15, 0.2) is 71.7 Å². The lowest BCUT2D eigenvalue weighted by atomic mass is 9.84. The molecule has 0 radical (unpaired) electrons. The first-order valence-electron chi connectivity index (χ1n) is 27.9. The first-order valence-corrected chi connectivity index (χ1v) is 28.8. The number of aromatic nitrogens is 1. The maximum absolute atomic E-state index is 16.2. The summed E-state index contributed by atoms with van der Waals surface area (Å²) < 4.78 is 59.3. The fourth-order valence-electron chi connectivity index (χ4n) is 11.6. The molecule has 3 amide bonds. The summed E-state index contributed by atoms with van der Waals surface area (Å²) in [4.78, 5) is 63.9. The van der Waals surface area contributed by atoms with E-state index in [4.69, 9.17) is 9.47 Å². The number of thiazole rings is 1. The van der Waals surface area contributed by atoms with E-state index in [0.29, 0.717) is 32.3 Å². The van der Waals surface area contributed by atoms with Crippen molar-refractivity contribution in [2.24, 2.45) is 5.41 Å². The van der Waals surface area contributed by atoms with E-state index >= 15 is 13.2 Å². The zero-order chi connectivity index (χ0) is 55.0. The molecule has 16 heteroatoms. The number of ether oxygens (including phenoxy) is 2. The van der Waals surface area contributed by atoms with Gasteiger partial charge in [0.1, 0.15) is 47.3 Å². The summed E-state index contributed by atoms with van der Waals surface area (Å²) in [5.74, 6) is -2.61. The Balaban J connectivity index is 0.767. The molecule has 416 valence electrons. The molecule has 1 aliphatic carbocycles. The summed E-state index contributed by atoms with van der Waals surface area (Å²) >= 11 is 1.57. The van der Waals surface area contributed by atoms with Crippen LogP contribution < -0.4 is 20.7 Å². The predicted octanol–water partition coefficient (Wildman–Crippen LogP) is 11.3. The highest BCUT2D eigenvalue weighted by Crippen LogP contribution is 2.50. The van der Waals surface area contributed by atoms with Crippen LogP contribution in [0.3, 0.4) is 0 Å². The van der Waals surface area contributed by atoms with Gasteiger partial charge in [0.05, 0.1) is 35.3 Å². The molecule has 0 bridgehead atoms. The molecule has 6 atom stereocenters. The summed E-state index contributed by atoms with van der Waals surface area (Å²) in [6.45, 7) is 14.0. The van der Waals surface area contributed by atoms with E-state index in [-0.39, 0.29) is 73.5 Å². The van der Waals surface area contributed by atoms with Gasteiger partial charge in [-0.1, -0.05) is 108 Å². The number of nitrogens with one attached hydrogen (secondary N) is 3. The first kappa shape index (κ1) is 57.6. The van der Waals surface area contributed by atoms with E-state index in [2.05, 4.69) is 33.1 Å². The lowest BCUT2D eigenvalue weighted by Gasteiger charge is -2.44. The van der Waals surface area contributed by atoms with Crippen LogP contribution in [-0.4, -0.2) is 101 Å². The number of carbonyl (C=O) groups excluding carboxylic acids is 4. The maximum atomic E-state index is 16.2. The second kappa shape index (κ2) is 25.5. The molecule has 77 heavy (non-hydrogen) atoms. The highest BCUT2D eigenvalue weighted by Gasteiger charge is 2.47. The van der Waals surface area contributed by atoms with Gasteiger partial charge in [-0.25, -0.2) is 18.2 Å². The standard InChI is InChI=1S/C61H79F3N6O6S/c1-38-29-46-45-20-16-15-19-42(45)30-47(46)54(70(38)36-61(6,7)64)53-48(62)31-43(32-49(53)63)75-28-17-13-11-9-8-10-12-14-22-52(71)68-56(60(3,4)5)58(73)69-35-44(76-59(74)50-21-18-27-65-50)33-51(69)57(72)66-34-40-23-25-41(26-24-40)55-39(2)67-37-77-55/h15-16,19-20,23-26,31-32,37-38,44,50-51,54,56,65H,8-14,17-18,21-22,27-30,33-36H2,1-7H3,(H,66,72)(H,68,71)/t38-,44-,50+,51+,54+,56-/m1/s1. The van der Waals surface area contributed by atoms with Crippen molar-refractivity contribution in [3.8, 4) is 16.2 Å². The van der Waals surface area contributed by atoms with Crippen LogP contribution >= 0.6 is 11.3 Å². The smallest absolute Gasteiger partial charge is 0.323 e. The number of unbranched alkanes of at least 4 members (excludes halogenated alkanes) is 7. The Labute approximate surface area is 457 Å². The summed E-state index contributed by atoms with van der Waals surface area (Å²) in [5, 5.41) is 9.18. The zero-order valence-corrected chi connectivity index (χ0v) is 46.9. The lowest BCUT2D eigenvalue weighted by Crippen LogP contribution is -2.57. The monoisotopic (exact) mass is 1080 g/mol. The van der Waals surface area contributed by atoms with Crippen LogP contribution in [0.5, 0.6) is 5.75 Å². The van der Waals surface area contributed by atoms with Crippen molar-refractivity contribution in [3.63, 3.8) is 0 Å². The van der Waals surface area contributed by atoms with Gasteiger partial charge in [-0.15, -0.1) is 11.3 Å². The van der Waals surface area contributed by atoms with Crippen molar-refractivity contribution >= 4 is 40.6 Å². The van der Waals surface area contributed by atoms with E-state index in [0.717, 1.165) is 102 Å². The molecule has 4 aliphatic rings. The summed E-state index contributed by atoms with van der Waals surface area (Å²) in [7, 11) is 0. The highest BCUT2D eigenvalue weighted by atomic mass is 32.1. The van der Waals surface area contributed by atoms with Crippen LogP contribution in [-0.2, 0) is 36.9 Å². The zero-order valence-electron chi connectivity index (χ0n) is 46.1. The van der Waals surface area contributed by atoms with Crippen molar-refractivity contribution in [1.29, 1.82) is 0 Å². The molecule has 0 unspecified atom stereocenters. The number of fused-ring (bicyclic) bond motifs is 2. The van der Waals surface area contributed by atoms with E-state index in [1.54, 1.807) is 11.3 Å². The molecule has 8 rings (SSSR count). The van der Waals surface area contributed by atoms with E-state index < -0.39 is 53.0 Å². The Kier molecular flexibility index (Phi) is 19.1. The number of esters is 1. The minimum atomic E-state index is -1.56. The summed E-state index contributed by atoms with van der Waals surface area (Å²) in [5.41, 5.74) is 6.69. The van der Waals surface area contributed by atoms with Crippen LogP contribution in [0.1, 0.15) is 159 Å². The summed E-state index contributed by atoms with van der Waals surface area (Å²) in [6, 6.07) is 15.4. The van der Waals surface area contributed by atoms with Crippen LogP contribution in [0.4, 0.5) is 13.2 Å². The van der Waals surface area contributed by atoms with Crippen LogP contribution in [0, 0.1) is 24.0 Å². The molecular weight excluding hydrogens is 1000 g/mol. The molecule has 3 N–H and O–H groups in total. The number of hydrogen-bond acceptors (Lipinski definition) is 10. The van der Waals surface area contributed by atoms with Crippen molar-refractivity contribution in [2.75, 3.05) is 26.2 Å². The third-order valence-corrected chi connectivity index (χ3v) is 16.6. The van der Waals surface area contributed by atoms with Gasteiger partial charge in [-0.2, -0.15) is 0 Å². The maximum Gasteiger partial charge on any atom is 0.323 e. The third-order valence-electron chi connectivity index (χ3n) is 15.6. The van der Waals surface area contributed by atoms with Gasteiger partial charge in [0.25, 0.3) is 0 Å². The Morgan fingerprint density at radius 3 is 2.26 bits per heavy atom. The molecule has 2 saturated heterocycles. The summed E-state index contributed by atoms with van der Waals surface area (Å²) in [6.07, 6.45) is 9.52. The molecule has 3 aromatic carbocycles. The second-order valence-electron chi connectivity index (χ2n) is 23.4. The Hall–Kier alpha value is -5.58. The number of likely N-dealkylation sites (tertiary alicyclic amines) is 1. The molecule has 0 saturated carbocycles. The fraction of sp³-hybridized carbons (Fsp3) is 0.557. The van der Waals surface area contributed by atoms with E-state index in [1.165, 1.54) is 30.9 Å². The topological polar surface area (TPSA) is 142 Å². The number of carbonyl (C=O) groups is 4. The van der Waals surface area contributed by atoms with Crippen LogP contribution in [0.25, 0.3) is 16.0 Å². The normalized spacial score (nSPS) is 21.0. The molecule has 2 fully saturated rings. The van der Waals surface area contributed by atoms with Gasteiger partial charge in [-0.05, 0) is 112 Å². The molecule has 1 aromatic heterocycles. The molecular formula is C61H79F3N6O6S. The number of benzene rings is 3.